The van der Waals surface area contributed by atoms with Gasteiger partial charge in [0, 0.05) is 0 Å². The van der Waals surface area contributed by atoms with Crippen LogP contribution in [0.5, 0.6) is 0 Å². The van der Waals surface area contributed by atoms with Gasteiger partial charge in [0.2, 0.25) is 0 Å². The first-order chi connectivity index (χ1) is 5.61. The Morgan fingerprint density at radius 2 is 1.75 bits per heavy atom. The van der Waals surface area contributed by atoms with Crippen molar-refractivity contribution in [2.75, 3.05) is 0 Å². The second kappa shape index (κ2) is 4.18. The minimum absolute atomic E-state index is 0.00519. The van der Waals surface area contributed by atoms with Crippen LogP contribution in [0.15, 0.2) is 0 Å². The fourth-order valence-electron chi connectivity index (χ4n) is 0.969. The summed E-state index contributed by atoms with van der Waals surface area (Å²) in [5.41, 5.74) is 0. The molecule has 1 aliphatic rings. The van der Waals surface area contributed by atoms with E-state index in [1.54, 1.807) is 6.92 Å². The van der Waals surface area contributed by atoms with Gasteiger partial charge in [-0.15, -0.1) is 0 Å². The van der Waals surface area contributed by atoms with Crippen LogP contribution in [-0.2, 0) is 9.59 Å². The molecule has 0 aromatic rings. The molecule has 1 rings (SSSR count). The van der Waals surface area contributed by atoms with Crippen LogP contribution in [0.4, 0.5) is 0 Å². The summed E-state index contributed by atoms with van der Waals surface area (Å²) in [4.78, 5) is 21.4. The number of Topliss-reactive ketones (excluding diaryl/α,β-unsaturated/α-hetero) is 1. The lowest BCUT2D eigenvalue weighted by Gasteiger charge is -2.22. The first kappa shape index (κ1) is 9.92. The molecule has 1 N–H and O–H groups in total. The molecule has 5 heteroatoms. The topological polar surface area (TPSA) is 54.4 Å². The van der Waals surface area contributed by atoms with Crippen LogP contribution in [0.25, 0.3) is 0 Å². The lowest BCUT2D eigenvalue weighted by Crippen LogP contribution is -2.24. The third-order valence-corrected chi connectivity index (χ3v) is 5.02. The van der Waals surface area contributed by atoms with E-state index in [1.807, 2.05) is 0 Å². The summed E-state index contributed by atoms with van der Waals surface area (Å²) in [6.45, 7) is 1.55. The zero-order chi connectivity index (χ0) is 9.14. The van der Waals surface area contributed by atoms with Gasteiger partial charge >= 0.3 is 5.97 Å². The van der Waals surface area contributed by atoms with Crippen LogP contribution in [0.1, 0.15) is 19.8 Å². The standard InChI is InChI=1S/C7H10O3S2/c1-4(8)5-2-3-6(7(9)10)12-11-5/h5-6H,2-3H2,1H3,(H,9,10). The van der Waals surface area contributed by atoms with Crippen LogP contribution in [0.2, 0.25) is 0 Å². The zero-order valence-corrected chi connectivity index (χ0v) is 8.28. The summed E-state index contributed by atoms with van der Waals surface area (Å²) in [5, 5.41) is 8.32. The van der Waals surface area contributed by atoms with Crippen molar-refractivity contribution in [2.24, 2.45) is 0 Å². The molecule has 2 atom stereocenters. The number of hydrogen-bond donors (Lipinski definition) is 1. The molecule has 0 amide bonds. The van der Waals surface area contributed by atoms with Gasteiger partial charge in [-0.05, 0) is 19.8 Å². The maximum absolute atomic E-state index is 10.9. The van der Waals surface area contributed by atoms with Crippen LogP contribution in [0.3, 0.4) is 0 Å². The number of aliphatic carboxylic acids is 1. The predicted molar refractivity (Wildman–Crippen MR) is 50.3 cm³/mol. The number of rotatable bonds is 2. The van der Waals surface area contributed by atoms with E-state index in [1.165, 1.54) is 21.6 Å². The van der Waals surface area contributed by atoms with E-state index in [4.69, 9.17) is 5.11 Å². The molecule has 0 aliphatic carbocycles. The molecule has 1 fully saturated rings. The molecule has 68 valence electrons. The molecule has 2 unspecified atom stereocenters. The molecule has 0 radical (unpaired) electrons. The summed E-state index contributed by atoms with van der Waals surface area (Å²) >= 11 is 0. The third kappa shape index (κ3) is 2.42. The van der Waals surface area contributed by atoms with Crippen molar-refractivity contribution in [2.45, 2.75) is 30.3 Å². The first-order valence-electron chi connectivity index (χ1n) is 3.66. The molecule has 0 aromatic heterocycles. The van der Waals surface area contributed by atoms with Gasteiger partial charge in [-0.2, -0.15) is 0 Å². The Morgan fingerprint density at radius 3 is 2.08 bits per heavy atom. The number of ketones is 1. The molecule has 3 nitrogen and oxygen atoms in total. The summed E-state index contributed by atoms with van der Waals surface area (Å²) in [6.07, 6.45) is 1.31. The summed E-state index contributed by atoms with van der Waals surface area (Å²) in [7, 11) is 2.70. The highest BCUT2D eigenvalue weighted by molar-refractivity contribution is 8.77. The van der Waals surface area contributed by atoms with E-state index >= 15 is 0 Å². The quantitative estimate of drug-likeness (QED) is 0.695. The molecule has 0 saturated carbocycles. The Kier molecular flexibility index (Phi) is 3.46. The van der Waals surface area contributed by atoms with Crippen molar-refractivity contribution in [3.05, 3.63) is 0 Å². The Bertz CT molecular complexity index is 175. The smallest absolute Gasteiger partial charge is 0.317 e. The Balaban J connectivity index is 2.39. The summed E-state index contributed by atoms with van der Waals surface area (Å²) in [6, 6.07) is 0. The Labute approximate surface area is 78.7 Å². The van der Waals surface area contributed by atoms with Gasteiger partial charge in [-0.25, -0.2) is 0 Å². The Morgan fingerprint density at radius 1 is 1.25 bits per heavy atom. The van der Waals surface area contributed by atoms with Crippen molar-refractivity contribution in [1.82, 2.24) is 0 Å². The van der Waals surface area contributed by atoms with Crippen molar-refractivity contribution < 1.29 is 14.7 Å². The summed E-state index contributed by atoms with van der Waals surface area (Å²) in [5.74, 6) is -0.620. The van der Waals surface area contributed by atoms with Gasteiger partial charge in [0.05, 0.1) is 5.25 Å². The van der Waals surface area contributed by atoms with Crippen molar-refractivity contribution >= 4 is 33.3 Å². The van der Waals surface area contributed by atoms with E-state index < -0.39 is 5.97 Å². The van der Waals surface area contributed by atoms with Crippen LogP contribution in [0, 0.1) is 0 Å². The molecule has 12 heavy (non-hydrogen) atoms. The normalized spacial score (nSPS) is 29.8. The number of carbonyl (C=O) groups excluding carboxylic acids is 1. The van der Waals surface area contributed by atoms with Crippen LogP contribution in [-0.4, -0.2) is 27.4 Å². The van der Waals surface area contributed by atoms with E-state index in [0.717, 1.165) is 0 Å². The highest BCUT2D eigenvalue weighted by atomic mass is 33.1. The number of hydrogen-bond acceptors (Lipinski definition) is 4. The van der Waals surface area contributed by atoms with Crippen LogP contribution >= 0.6 is 21.6 Å². The third-order valence-electron chi connectivity index (χ3n) is 1.71. The molecular formula is C7H10O3S2. The lowest BCUT2D eigenvalue weighted by atomic mass is 10.1. The minimum atomic E-state index is -0.769. The number of carboxylic acids is 1. The fourth-order valence-corrected chi connectivity index (χ4v) is 3.96. The average Bonchev–Trinajstić information content (AvgIpc) is 2.04. The van der Waals surface area contributed by atoms with Crippen molar-refractivity contribution in [3.8, 4) is 0 Å². The van der Waals surface area contributed by atoms with E-state index in [2.05, 4.69) is 0 Å². The molecule has 1 heterocycles. The van der Waals surface area contributed by atoms with E-state index in [0.29, 0.717) is 12.8 Å². The summed E-state index contributed by atoms with van der Waals surface area (Å²) < 4.78 is 0. The molecule has 0 bridgehead atoms. The number of carboxylic acid groups (broad SMARTS) is 1. The largest absolute Gasteiger partial charge is 0.480 e. The molecule has 1 saturated heterocycles. The number of carbonyl (C=O) groups is 2. The zero-order valence-electron chi connectivity index (χ0n) is 6.65. The Hall–Kier alpha value is -0.160. The maximum Gasteiger partial charge on any atom is 0.317 e. The molecule has 0 aromatic carbocycles. The minimum Gasteiger partial charge on any atom is -0.480 e. The van der Waals surface area contributed by atoms with Gasteiger partial charge in [-0.1, -0.05) is 21.6 Å². The highest BCUT2D eigenvalue weighted by Crippen LogP contribution is 2.41. The maximum atomic E-state index is 10.9. The van der Waals surface area contributed by atoms with Crippen LogP contribution < -0.4 is 0 Å². The predicted octanol–water partition coefficient (Wildman–Crippen LogP) is 1.57. The highest BCUT2D eigenvalue weighted by Gasteiger charge is 2.29. The fraction of sp³-hybridized carbons (Fsp3) is 0.714. The molecule has 1 aliphatic heterocycles. The second-order valence-corrected chi connectivity index (χ2v) is 5.37. The van der Waals surface area contributed by atoms with Gasteiger partial charge in [-0.3, -0.25) is 9.59 Å². The SMILES string of the molecule is CC(=O)C1CCC(C(=O)O)SS1. The molecule has 0 spiro atoms. The van der Waals surface area contributed by atoms with Crippen molar-refractivity contribution in [1.29, 1.82) is 0 Å². The molecular weight excluding hydrogens is 196 g/mol. The van der Waals surface area contributed by atoms with Gasteiger partial charge < -0.3 is 5.11 Å². The second-order valence-electron chi connectivity index (χ2n) is 2.70. The monoisotopic (exact) mass is 206 g/mol. The van der Waals surface area contributed by atoms with Gasteiger partial charge in [0.25, 0.3) is 0 Å². The van der Waals surface area contributed by atoms with E-state index in [-0.39, 0.29) is 16.3 Å². The van der Waals surface area contributed by atoms with E-state index in [9.17, 15) is 9.59 Å². The van der Waals surface area contributed by atoms with Gasteiger partial charge in [0.15, 0.2) is 0 Å². The first-order valence-corrected chi connectivity index (χ1v) is 5.94. The lowest BCUT2D eigenvalue weighted by molar-refractivity contribution is -0.136. The average molecular weight is 206 g/mol. The van der Waals surface area contributed by atoms with Gasteiger partial charge in [0.1, 0.15) is 11.0 Å². The van der Waals surface area contributed by atoms with Crippen molar-refractivity contribution in [3.63, 3.8) is 0 Å².